The molecule has 0 saturated heterocycles. The summed E-state index contributed by atoms with van der Waals surface area (Å²) in [6, 6.07) is 18.3. The number of hydrogen-bond donors (Lipinski definition) is 0. The van der Waals surface area contributed by atoms with Gasteiger partial charge in [-0.25, -0.2) is 4.57 Å². The van der Waals surface area contributed by atoms with Gasteiger partial charge in [-0.3, -0.25) is 0 Å². The van der Waals surface area contributed by atoms with E-state index in [-0.39, 0.29) is 5.41 Å². The van der Waals surface area contributed by atoms with Gasteiger partial charge in [0, 0.05) is 23.1 Å². The van der Waals surface area contributed by atoms with Crippen LogP contribution in [0.5, 0.6) is 0 Å². The van der Waals surface area contributed by atoms with Crippen LogP contribution in [0.1, 0.15) is 55.9 Å². The van der Waals surface area contributed by atoms with Gasteiger partial charge < -0.3 is 0 Å². The van der Waals surface area contributed by atoms with Gasteiger partial charge in [0.25, 0.3) is 0 Å². The summed E-state index contributed by atoms with van der Waals surface area (Å²) >= 11 is 0. The monoisotopic (exact) mass is 342 g/mol. The molecule has 0 saturated carbocycles. The van der Waals surface area contributed by atoms with Crippen LogP contribution >= 0.6 is 0 Å². The van der Waals surface area contributed by atoms with Crippen molar-refractivity contribution in [2.75, 3.05) is 0 Å². The van der Waals surface area contributed by atoms with Crippen LogP contribution in [0, 0.1) is 6.92 Å². The van der Waals surface area contributed by atoms with E-state index >= 15 is 0 Å². The second-order valence-corrected chi connectivity index (χ2v) is 8.49. The highest BCUT2D eigenvalue weighted by Gasteiger charge is 2.36. The third-order valence-electron chi connectivity index (χ3n) is 6.04. The highest BCUT2D eigenvalue weighted by molar-refractivity contribution is 5.85. The Hall–Kier alpha value is -2.41. The zero-order chi connectivity index (χ0) is 18.6. The Bertz CT molecular complexity index is 1010. The predicted molar refractivity (Wildman–Crippen MR) is 109 cm³/mol. The van der Waals surface area contributed by atoms with Gasteiger partial charge in [-0.05, 0) is 58.4 Å². The van der Waals surface area contributed by atoms with Crippen LogP contribution in [0.3, 0.4) is 0 Å². The van der Waals surface area contributed by atoms with Crippen molar-refractivity contribution in [3.8, 4) is 22.4 Å². The summed E-state index contributed by atoms with van der Waals surface area (Å²) in [5.74, 6) is 0.556. The molecule has 0 amide bonds. The largest absolute Gasteiger partial charge is 0.212 e. The summed E-state index contributed by atoms with van der Waals surface area (Å²) in [7, 11) is 2.12. The number of rotatable bonds is 2. The molecule has 0 aliphatic heterocycles. The van der Waals surface area contributed by atoms with E-state index in [2.05, 4.69) is 101 Å². The molecule has 1 aliphatic carbocycles. The first kappa shape index (κ1) is 17.0. The van der Waals surface area contributed by atoms with Crippen LogP contribution in [0.2, 0.25) is 0 Å². The molecule has 0 fully saturated rings. The molecule has 0 N–H and O–H groups in total. The number of aryl methyl sites for hydroxylation is 2. The number of pyridine rings is 1. The van der Waals surface area contributed by atoms with Crippen LogP contribution in [0.15, 0.2) is 54.7 Å². The summed E-state index contributed by atoms with van der Waals surface area (Å²) in [5.41, 5.74) is 11.1. The smallest absolute Gasteiger partial charge is 0.201 e. The summed E-state index contributed by atoms with van der Waals surface area (Å²) < 4.78 is 2.21. The first-order valence-electron chi connectivity index (χ1n) is 9.55. The van der Waals surface area contributed by atoms with E-state index in [1.807, 2.05) is 0 Å². The minimum atomic E-state index is 0.0533. The van der Waals surface area contributed by atoms with Gasteiger partial charge >= 0.3 is 0 Å². The molecule has 132 valence electrons. The predicted octanol–water partition coefficient (Wildman–Crippen LogP) is 5.92. The quantitative estimate of drug-likeness (QED) is 0.509. The summed E-state index contributed by atoms with van der Waals surface area (Å²) in [5, 5.41) is 0. The van der Waals surface area contributed by atoms with Crippen molar-refractivity contribution in [3.05, 3.63) is 77.0 Å². The first-order chi connectivity index (χ1) is 12.3. The van der Waals surface area contributed by atoms with Crippen LogP contribution in [0.25, 0.3) is 22.4 Å². The Morgan fingerprint density at radius 1 is 0.846 bits per heavy atom. The van der Waals surface area contributed by atoms with E-state index in [1.165, 1.54) is 44.6 Å². The maximum absolute atomic E-state index is 2.43. The van der Waals surface area contributed by atoms with E-state index in [9.17, 15) is 0 Å². The summed E-state index contributed by atoms with van der Waals surface area (Å²) in [6.07, 6.45) is 2.12. The molecule has 3 aromatic rings. The van der Waals surface area contributed by atoms with E-state index in [4.69, 9.17) is 0 Å². The SMILES string of the molecule is Cc1cc2c(cc1-c1cccc[n+]1C)-c1ccc(C(C)C)cc1C2(C)C. The number of hydrogen-bond acceptors (Lipinski definition) is 0. The standard InChI is InChI=1S/C25H28N/c1-16(2)18-10-11-19-21-15-20(24-9-7-8-12-26(24)6)17(3)13-22(21)25(4,5)23(19)14-18/h7-16H,1-6H3/q+1. The van der Waals surface area contributed by atoms with Gasteiger partial charge in [-0.15, -0.1) is 0 Å². The lowest BCUT2D eigenvalue weighted by molar-refractivity contribution is -0.660. The molecule has 26 heavy (non-hydrogen) atoms. The molecule has 0 atom stereocenters. The van der Waals surface area contributed by atoms with Gasteiger partial charge in [0.2, 0.25) is 5.69 Å². The average Bonchev–Trinajstić information content (AvgIpc) is 2.82. The minimum Gasteiger partial charge on any atom is -0.201 e. The Morgan fingerprint density at radius 2 is 1.58 bits per heavy atom. The zero-order valence-electron chi connectivity index (χ0n) is 16.7. The van der Waals surface area contributed by atoms with Gasteiger partial charge in [0.15, 0.2) is 6.20 Å². The fourth-order valence-electron chi connectivity index (χ4n) is 4.34. The van der Waals surface area contributed by atoms with E-state index in [1.54, 1.807) is 0 Å². The van der Waals surface area contributed by atoms with Crippen molar-refractivity contribution >= 4 is 0 Å². The molecule has 0 radical (unpaired) electrons. The van der Waals surface area contributed by atoms with Crippen LogP contribution in [0.4, 0.5) is 0 Å². The summed E-state index contributed by atoms with van der Waals surface area (Å²) in [4.78, 5) is 0. The molecular weight excluding hydrogens is 314 g/mol. The van der Waals surface area contributed by atoms with E-state index in [0.717, 1.165) is 0 Å². The van der Waals surface area contributed by atoms with Crippen molar-refractivity contribution in [1.29, 1.82) is 0 Å². The van der Waals surface area contributed by atoms with Crippen LogP contribution in [-0.2, 0) is 12.5 Å². The number of aromatic nitrogens is 1. The highest BCUT2D eigenvalue weighted by Crippen LogP contribution is 2.50. The van der Waals surface area contributed by atoms with Crippen LogP contribution < -0.4 is 4.57 Å². The zero-order valence-corrected chi connectivity index (χ0v) is 16.7. The maximum Gasteiger partial charge on any atom is 0.212 e. The Kier molecular flexibility index (Phi) is 3.80. The second-order valence-electron chi connectivity index (χ2n) is 8.49. The molecule has 1 nitrogen and oxygen atoms in total. The van der Waals surface area contributed by atoms with Crippen molar-refractivity contribution < 1.29 is 4.57 Å². The molecule has 0 bridgehead atoms. The third-order valence-corrected chi connectivity index (χ3v) is 6.04. The molecule has 2 aromatic carbocycles. The Balaban J connectivity index is 1.97. The molecular formula is C25H28N+. The normalized spacial score (nSPS) is 14.4. The van der Waals surface area contributed by atoms with Gasteiger partial charge in [0.1, 0.15) is 7.05 Å². The number of fused-ring (bicyclic) bond motifs is 3. The summed E-state index contributed by atoms with van der Waals surface area (Å²) in [6.45, 7) is 11.5. The Morgan fingerprint density at radius 3 is 2.27 bits per heavy atom. The van der Waals surface area contributed by atoms with Crippen LogP contribution in [-0.4, -0.2) is 0 Å². The minimum absolute atomic E-state index is 0.0533. The molecule has 4 rings (SSSR count). The van der Waals surface area contributed by atoms with Crippen molar-refractivity contribution in [2.45, 2.75) is 46.0 Å². The number of benzene rings is 2. The van der Waals surface area contributed by atoms with Crippen molar-refractivity contribution in [2.24, 2.45) is 7.05 Å². The molecule has 1 aromatic heterocycles. The Labute approximate surface area is 157 Å². The lowest BCUT2D eigenvalue weighted by Crippen LogP contribution is -2.30. The fourth-order valence-corrected chi connectivity index (χ4v) is 4.34. The van der Waals surface area contributed by atoms with Gasteiger partial charge in [0.05, 0.1) is 0 Å². The van der Waals surface area contributed by atoms with Gasteiger partial charge in [-0.2, -0.15) is 0 Å². The lowest BCUT2D eigenvalue weighted by Gasteiger charge is -2.23. The van der Waals surface area contributed by atoms with E-state index in [0.29, 0.717) is 5.92 Å². The van der Waals surface area contributed by atoms with Crippen molar-refractivity contribution in [3.63, 3.8) is 0 Å². The van der Waals surface area contributed by atoms with Crippen molar-refractivity contribution in [1.82, 2.24) is 0 Å². The third kappa shape index (κ3) is 2.41. The van der Waals surface area contributed by atoms with Gasteiger partial charge in [-0.1, -0.05) is 52.0 Å². The second kappa shape index (κ2) is 5.81. The molecule has 1 heterocycles. The fraction of sp³-hybridized carbons (Fsp3) is 0.320. The molecule has 1 aliphatic rings. The lowest BCUT2D eigenvalue weighted by atomic mass is 9.80. The topological polar surface area (TPSA) is 3.88 Å². The highest BCUT2D eigenvalue weighted by atomic mass is 14.9. The molecule has 0 spiro atoms. The average molecular weight is 343 g/mol. The number of nitrogens with zero attached hydrogens (tertiary/aromatic N) is 1. The van der Waals surface area contributed by atoms with E-state index < -0.39 is 0 Å². The maximum atomic E-state index is 2.43. The first-order valence-corrected chi connectivity index (χ1v) is 9.55. The molecule has 1 heteroatoms. The molecule has 0 unspecified atom stereocenters.